The Morgan fingerprint density at radius 3 is 2.85 bits per heavy atom. The molecule has 0 amide bonds. The Morgan fingerprint density at radius 1 is 1.40 bits per heavy atom. The van der Waals surface area contributed by atoms with Crippen molar-refractivity contribution in [3.63, 3.8) is 0 Å². The van der Waals surface area contributed by atoms with Gasteiger partial charge in [-0.05, 0) is 25.5 Å². The molecule has 1 aromatic carbocycles. The first-order valence-corrected chi connectivity index (χ1v) is 6.95. The molecule has 0 saturated carbocycles. The molecule has 0 saturated heterocycles. The number of aliphatic carboxylic acids is 1. The summed E-state index contributed by atoms with van der Waals surface area (Å²) in [6.45, 7) is 4.39. The summed E-state index contributed by atoms with van der Waals surface area (Å²) in [6.07, 6.45) is 1.55. The number of benzene rings is 1. The van der Waals surface area contributed by atoms with E-state index in [2.05, 4.69) is 10.3 Å². The van der Waals surface area contributed by atoms with Crippen molar-refractivity contribution in [3.05, 3.63) is 36.0 Å². The van der Waals surface area contributed by atoms with Gasteiger partial charge in [0.25, 0.3) is 0 Å². The second-order valence-corrected chi connectivity index (χ2v) is 5.03. The summed E-state index contributed by atoms with van der Waals surface area (Å²) in [5.41, 5.74) is 2.81. The third-order valence-corrected chi connectivity index (χ3v) is 3.37. The predicted molar refractivity (Wildman–Crippen MR) is 81.0 cm³/mol. The number of para-hydroxylation sites is 1. The van der Waals surface area contributed by atoms with E-state index >= 15 is 0 Å². The first-order chi connectivity index (χ1) is 9.61. The molecule has 1 unspecified atom stereocenters. The molecule has 0 fully saturated rings. The lowest BCUT2D eigenvalue weighted by Gasteiger charge is -2.15. The van der Waals surface area contributed by atoms with E-state index in [4.69, 9.17) is 0 Å². The number of nitrogens with zero attached hydrogens (tertiary/aromatic N) is 1. The van der Waals surface area contributed by atoms with Gasteiger partial charge in [-0.3, -0.25) is 9.78 Å². The van der Waals surface area contributed by atoms with E-state index in [0.29, 0.717) is 13.0 Å². The van der Waals surface area contributed by atoms with Gasteiger partial charge in [-0.1, -0.05) is 31.5 Å². The number of hydrogen-bond donors (Lipinski definition) is 2. The highest BCUT2D eigenvalue weighted by Gasteiger charge is 2.16. The van der Waals surface area contributed by atoms with Gasteiger partial charge in [0.1, 0.15) is 0 Å². The molecule has 1 aromatic heterocycles. The van der Waals surface area contributed by atoms with E-state index in [1.807, 2.05) is 44.2 Å². The molecule has 20 heavy (non-hydrogen) atoms. The van der Waals surface area contributed by atoms with E-state index in [9.17, 15) is 9.90 Å². The fourth-order valence-corrected chi connectivity index (χ4v) is 2.35. The highest BCUT2D eigenvalue weighted by molar-refractivity contribution is 5.91. The number of aromatic nitrogens is 1. The summed E-state index contributed by atoms with van der Waals surface area (Å²) in [7, 11) is 0. The minimum atomic E-state index is -0.741. The number of anilines is 1. The smallest absolute Gasteiger partial charge is 0.308 e. The number of nitrogens with one attached hydrogen (secondary N) is 1. The number of carboxylic acids is 1. The first-order valence-electron chi connectivity index (χ1n) is 6.95. The third-order valence-electron chi connectivity index (χ3n) is 3.37. The number of fused-ring (bicyclic) bond motifs is 1. The quantitative estimate of drug-likeness (QED) is 0.845. The van der Waals surface area contributed by atoms with Crippen molar-refractivity contribution in [2.75, 3.05) is 11.9 Å². The Hall–Kier alpha value is -2.10. The molecule has 4 nitrogen and oxygen atoms in total. The fraction of sp³-hybridized carbons (Fsp3) is 0.375. The van der Waals surface area contributed by atoms with E-state index in [1.54, 1.807) is 0 Å². The van der Waals surface area contributed by atoms with Gasteiger partial charge in [-0.2, -0.15) is 0 Å². The minimum absolute atomic E-state index is 0.354. The summed E-state index contributed by atoms with van der Waals surface area (Å²) in [5.74, 6) is -1.10. The first kappa shape index (κ1) is 14.3. The molecule has 2 aromatic rings. The van der Waals surface area contributed by atoms with Gasteiger partial charge < -0.3 is 10.4 Å². The average molecular weight is 272 g/mol. The summed E-state index contributed by atoms with van der Waals surface area (Å²) >= 11 is 0. The van der Waals surface area contributed by atoms with Gasteiger partial charge in [0, 0.05) is 23.3 Å². The van der Waals surface area contributed by atoms with E-state index in [-0.39, 0.29) is 5.92 Å². The van der Waals surface area contributed by atoms with Gasteiger partial charge in [0.2, 0.25) is 0 Å². The fourth-order valence-electron chi connectivity index (χ4n) is 2.35. The molecule has 0 aliphatic heterocycles. The number of hydrogen-bond acceptors (Lipinski definition) is 3. The van der Waals surface area contributed by atoms with Crippen molar-refractivity contribution >= 4 is 22.6 Å². The summed E-state index contributed by atoms with van der Waals surface area (Å²) in [4.78, 5) is 15.7. The highest BCUT2D eigenvalue weighted by Crippen LogP contribution is 2.23. The lowest BCUT2D eigenvalue weighted by atomic mass is 10.0. The van der Waals surface area contributed by atoms with Crippen LogP contribution in [0.15, 0.2) is 30.3 Å². The number of carboxylic acid groups (broad SMARTS) is 1. The third kappa shape index (κ3) is 3.26. The Kier molecular flexibility index (Phi) is 4.56. The maximum atomic E-state index is 11.2. The van der Waals surface area contributed by atoms with Crippen LogP contribution in [0.3, 0.4) is 0 Å². The summed E-state index contributed by atoms with van der Waals surface area (Å²) in [5, 5.41) is 13.5. The molecule has 4 heteroatoms. The van der Waals surface area contributed by atoms with E-state index in [0.717, 1.165) is 28.7 Å². The Morgan fingerprint density at radius 2 is 2.15 bits per heavy atom. The molecule has 0 spiro atoms. The van der Waals surface area contributed by atoms with Crippen LogP contribution in [-0.2, 0) is 4.79 Å². The Balaban J connectivity index is 2.22. The lowest BCUT2D eigenvalue weighted by Crippen LogP contribution is -2.22. The maximum Gasteiger partial charge on any atom is 0.308 e. The Bertz CT molecular complexity index is 610. The van der Waals surface area contributed by atoms with Crippen LogP contribution in [0.2, 0.25) is 0 Å². The molecular weight excluding hydrogens is 252 g/mol. The molecule has 0 aliphatic rings. The number of pyridine rings is 1. The molecule has 1 heterocycles. The van der Waals surface area contributed by atoms with E-state index in [1.165, 1.54) is 0 Å². The van der Waals surface area contributed by atoms with Crippen LogP contribution in [0, 0.1) is 12.8 Å². The summed E-state index contributed by atoms with van der Waals surface area (Å²) < 4.78 is 0. The summed E-state index contributed by atoms with van der Waals surface area (Å²) in [6, 6.07) is 9.85. The van der Waals surface area contributed by atoms with Gasteiger partial charge in [-0.25, -0.2) is 0 Å². The highest BCUT2D eigenvalue weighted by atomic mass is 16.4. The molecule has 1 atom stereocenters. The molecule has 0 radical (unpaired) electrons. The largest absolute Gasteiger partial charge is 0.481 e. The predicted octanol–water partition coefficient (Wildman–Crippen LogP) is 3.46. The molecule has 106 valence electrons. The monoisotopic (exact) mass is 272 g/mol. The minimum Gasteiger partial charge on any atom is -0.481 e. The van der Waals surface area contributed by atoms with Crippen LogP contribution >= 0.6 is 0 Å². The van der Waals surface area contributed by atoms with Crippen molar-refractivity contribution in [2.45, 2.75) is 26.7 Å². The SMILES string of the molecule is CCCC(CNc1cc(C)nc2ccccc12)C(=O)O. The van der Waals surface area contributed by atoms with Crippen molar-refractivity contribution < 1.29 is 9.90 Å². The van der Waals surface area contributed by atoms with Crippen LogP contribution in [0.4, 0.5) is 5.69 Å². The van der Waals surface area contributed by atoms with Crippen LogP contribution in [0.25, 0.3) is 10.9 Å². The molecule has 0 bridgehead atoms. The second kappa shape index (κ2) is 6.37. The lowest BCUT2D eigenvalue weighted by molar-refractivity contribution is -0.141. The number of aryl methyl sites for hydroxylation is 1. The zero-order valence-electron chi connectivity index (χ0n) is 11.9. The molecule has 2 rings (SSSR count). The zero-order valence-corrected chi connectivity index (χ0v) is 11.9. The Labute approximate surface area is 118 Å². The topological polar surface area (TPSA) is 62.2 Å². The zero-order chi connectivity index (χ0) is 14.5. The number of rotatable bonds is 6. The van der Waals surface area contributed by atoms with Crippen molar-refractivity contribution in [1.82, 2.24) is 4.98 Å². The van der Waals surface area contributed by atoms with Gasteiger partial charge in [0.05, 0.1) is 11.4 Å². The average Bonchev–Trinajstić information content (AvgIpc) is 2.42. The van der Waals surface area contributed by atoms with E-state index < -0.39 is 5.97 Å². The van der Waals surface area contributed by atoms with Gasteiger partial charge in [0.15, 0.2) is 0 Å². The second-order valence-electron chi connectivity index (χ2n) is 5.03. The van der Waals surface area contributed by atoms with Crippen molar-refractivity contribution in [3.8, 4) is 0 Å². The normalized spacial score (nSPS) is 12.3. The maximum absolute atomic E-state index is 11.2. The molecule has 2 N–H and O–H groups in total. The van der Waals surface area contributed by atoms with Crippen molar-refractivity contribution in [1.29, 1.82) is 0 Å². The standard InChI is InChI=1S/C16H20N2O2/c1-3-6-12(16(19)20)10-17-15-9-11(2)18-14-8-5-4-7-13(14)15/h4-5,7-9,12H,3,6,10H2,1-2H3,(H,17,18)(H,19,20). The molecule has 0 aliphatic carbocycles. The van der Waals surface area contributed by atoms with Crippen LogP contribution < -0.4 is 5.32 Å². The van der Waals surface area contributed by atoms with Crippen molar-refractivity contribution in [2.24, 2.45) is 5.92 Å². The van der Waals surface area contributed by atoms with Crippen LogP contribution in [0.1, 0.15) is 25.5 Å². The van der Waals surface area contributed by atoms with Crippen LogP contribution in [0.5, 0.6) is 0 Å². The number of carbonyl (C=O) groups is 1. The van der Waals surface area contributed by atoms with Crippen LogP contribution in [-0.4, -0.2) is 22.6 Å². The van der Waals surface area contributed by atoms with Gasteiger partial charge in [-0.15, -0.1) is 0 Å². The molecular formula is C16H20N2O2. The van der Waals surface area contributed by atoms with Gasteiger partial charge >= 0.3 is 5.97 Å².